The number of hydrogen-bond acceptors (Lipinski definition) is 2. The molecule has 0 amide bonds. The Morgan fingerprint density at radius 1 is 1.19 bits per heavy atom. The summed E-state index contributed by atoms with van der Waals surface area (Å²) in [7, 11) is 1.64. The van der Waals surface area contributed by atoms with E-state index >= 15 is 0 Å². The van der Waals surface area contributed by atoms with Crippen LogP contribution >= 0.6 is 24.0 Å². The van der Waals surface area contributed by atoms with E-state index in [1.54, 1.807) is 7.05 Å². The molecule has 21 heavy (non-hydrogen) atoms. The van der Waals surface area contributed by atoms with Gasteiger partial charge >= 0.3 is 0 Å². The highest BCUT2D eigenvalue weighted by atomic mass is 127. The molecule has 0 unspecified atom stereocenters. The van der Waals surface area contributed by atoms with Crippen molar-refractivity contribution in [2.45, 2.75) is 6.54 Å². The zero-order chi connectivity index (χ0) is 14.4. The summed E-state index contributed by atoms with van der Waals surface area (Å²) in [4.78, 5) is 3.84. The maximum Gasteiger partial charge on any atom is 0.188 e. The van der Waals surface area contributed by atoms with E-state index in [2.05, 4.69) is 16.4 Å². The zero-order valence-electron chi connectivity index (χ0n) is 11.7. The van der Waals surface area contributed by atoms with E-state index in [0.717, 1.165) is 16.7 Å². The standard InChI is InChI=1S/C16H16N4.HI/c1-19-16(18)20-11-12-6-8-13(9-7-12)15-5-3-2-4-14(15)10-17;/h2-9H,11H2,1H3,(H3,18,19,20);1H. The summed E-state index contributed by atoms with van der Waals surface area (Å²) < 4.78 is 0. The topological polar surface area (TPSA) is 74.2 Å². The monoisotopic (exact) mass is 392 g/mol. The molecular formula is C16H17IN4. The molecule has 0 atom stereocenters. The summed E-state index contributed by atoms with van der Waals surface area (Å²) in [6, 6.07) is 17.8. The first-order valence-electron chi connectivity index (χ1n) is 6.29. The first kappa shape index (κ1) is 17.0. The van der Waals surface area contributed by atoms with Gasteiger partial charge < -0.3 is 11.1 Å². The Morgan fingerprint density at radius 2 is 1.86 bits per heavy atom. The predicted octanol–water partition coefficient (Wildman–Crippen LogP) is 2.88. The molecule has 0 aliphatic heterocycles. The molecule has 0 aromatic heterocycles. The summed E-state index contributed by atoms with van der Waals surface area (Å²) in [5, 5.41) is 12.1. The molecule has 0 fully saturated rings. The van der Waals surface area contributed by atoms with Crippen molar-refractivity contribution in [1.82, 2.24) is 5.32 Å². The summed E-state index contributed by atoms with van der Waals surface area (Å²) in [6.45, 7) is 0.628. The molecule has 0 saturated carbocycles. The molecule has 0 radical (unpaired) electrons. The van der Waals surface area contributed by atoms with Crippen LogP contribution in [0.5, 0.6) is 0 Å². The van der Waals surface area contributed by atoms with E-state index in [9.17, 15) is 0 Å². The van der Waals surface area contributed by atoms with Crippen LogP contribution in [-0.4, -0.2) is 13.0 Å². The number of nitrogens with two attached hydrogens (primary N) is 1. The Hall–Kier alpha value is -2.07. The molecule has 3 N–H and O–H groups in total. The van der Waals surface area contributed by atoms with Crippen molar-refractivity contribution >= 4 is 29.9 Å². The van der Waals surface area contributed by atoms with Gasteiger partial charge in [0.25, 0.3) is 0 Å². The van der Waals surface area contributed by atoms with E-state index in [1.165, 1.54) is 0 Å². The van der Waals surface area contributed by atoms with Gasteiger partial charge in [-0.3, -0.25) is 4.99 Å². The second-order valence-corrected chi connectivity index (χ2v) is 4.32. The normalized spacial score (nSPS) is 10.4. The zero-order valence-corrected chi connectivity index (χ0v) is 14.0. The van der Waals surface area contributed by atoms with Crippen molar-refractivity contribution in [2.24, 2.45) is 10.7 Å². The molecule has 0 bridgehead atoms. The molecule has 0 heterocycles. The lowest BCUT2D eigenvalue weighted by Crippen LogP contribution is -2.30. The van der Waals surface area contributed by atoms with Gasteiger partial charge in [0.15, 0.2) is 5.96 Å². The molecule has 2 aromatic rings. The third kappa shape index (κ3) is 4.46. The van der Waals surface area contributed by atoms with Gasteiger partial charge in [-0.2, -0.15) is 5.26 Å². The van der Waals surface area contributed by atoms with Crippen LogP contribution in [0, 0.1) is 11.3 Å². The molecule has 2 aromatic carbocycles. The van der Waals surface area contributed by atoms with Gasteiger partial charge in [0.1, 0.15) is 0 Å². The second kappa shape index (κ2) is 8.27. The van der Waals surface area contributed by atoms with Crippen molar-refractivity contribution in [1.29, 1.82) is 5.26 Å². The van der Waals surface area contributed by atoms with Crippen LogP contribution in [0.1, 0.15) is 11.1 Å². The van der Waals surface area contributed by atoms with Gasteiger partial charge in [0.2, 0.25) is 0 Å². The van der Waals surface area contributed by atoms with Gasteiger partial charge in [-0.25, -0.2) is 0 Å². The first-order chi connectivity index (χ1) is 9.74. The van der Waals surface area contributed by atoms with Gasteiger partial charge in [-0.15, -0.1) is 24.0 Å². The minimum absolute atomic E-state index is 0. The molecular weight excluding hydrogens is 375 g/mol. The largest absolute Gasteiger partial charge is 0.370 e. The van der Waals surface area contributed by atoms with Crippen LogP contribution in [0.2, 0.25) is 0 Å². The number of hydrogen-bond donors (Lipinski definition) is 2. The highest BCUT2D eigenvalue weighted by Gasteiger charge is 2.03. The molecule has 5 heteroatoms. The molecule has 4 nitrogen and oxygen atoms in total. The maximum absolute atomic E-state index is 9.12. The highest BCUT2D eigenvalue weighted by Crippen LogP contribution is 2.23. The Kier molecular flexibility index (Phi) is 6.69. The van der Waals surface area contributed by atoms with Gasteiger partial charge in [-0.1, -0.05) is 42.5 Å². The van der Waals surface area contributed by atoms with Crippen molar-refractivity contribution < 1.29 is 0 Å². The lowest BCUT2D eigenvalue weighted by atomic mass is 9.99. The Balaban J connectivity index is 0.00000220. The number of nitrogens with zero attached hydrogens (tertiary/aromatic N) is 2. The minimum atomic E-state index is 0. The number of benzene rings is 2. The molecule has 0 saturated heterocycles. The Bertz CT molecular complexity index is 657. The Labute approximate surface area is 141 Å². The van der Waals surface area contributed by atoms with E-state index in [4.69, 9.17) is 11.0 Å². The summed E-state index contributed by atoms with van der Waals surface area (Å²) in [5.41, 5.74) is 9.35. The molecule has 0 aliphatic rings. The van der Waals surface area contributed by atoms with Gasteiger partial charge in [0.05, 0.1) is 11.6 Å². The number of guanidine groups is 1. The average molecular weight is 392 g/mol. The van der Waals surface area contributed by atoms with Crippen molar-refractivity contribution in [2.75, 3.05) is 7.05 Å². The van der Waals surface area contributed by atoms with Crippen LogP contribution in [0.15, 0.2) is 53.5 Å². The number of halogens is 1. The number of nitrogens with one attached hydrogen (secondary N) is 1. The summed E-state index contributed by atoms with van der Waals surface area (Å²) >= 11 is 0. The Morgan fingerprint density at radius 3 is 2.48 bits per heavy atom. The van der Waals surface area contributed by atoms with Crippen LogP contribution < -0.4 is 11.1 Å². The van der Waals surface area contributed by atoms with E-state index < -0.39 is 0 Å². The number of rotatable bonds is 3. The smallest absolute Gasteiger partial charge is 0.188 e. The van der Waals surface area contributed by atoms with Gasteiger partial charge in [-0.05, 0) is 22.8 Å². The van der Waals surface area contributed by atoms with E-state index in [-0.39, 0.29) is 24.0 Å². The fourth-order valence-electron chi connectivity index (χ4n) is 1.91. The molecule has 0 aliphatic carbocycles. The minimum Gasteiger partial charge on any atom is -0.370 e. The second-order valence-electron chi connectivity index (χ2n) is 4.32. The first-order valence-corrected chi connectivity index (χ1v) is 6.29. The van der Waals surface area contributed by atoms with Crippen LogP contribution in [0.3, 0.4) is 0 Å². The predicted molar refractivity (Wildman–Crippen MR) is 96.4 cm³/mol. The third-order valence-corrected chi connectivity index (χ3v) is 3.03. The van der Waals surface area contributed by atoms with E-state index in [0.29, 0.717) is 18.1 Å². The van der Waals surface area contributed by atoms with Gasteiger partial charge in [0, 0.05) is 13.6 Å². The maximum atomic E-state index is 9.12. The van der Waals surface area contributed by atoms with Crippen molar-refractivity contribution in [3.63, 3.8) is 0 Å². The SMILES string of the molecule is CN=C(N)NCc1ccc(-c2ccccc2C#N)cc1.I. The summed E-state index contributed by atoms with van der Waals surface area (Å²) in [6.07, 6.45) is 0. The van der Waals surface area contributed by atoms with Crippen LogP contribution in [0.4, 0.5) is 0 Å². The molecule has 108 valence electrons. The number of nitriles is 1. The van der Waals surface area contributed by atoms with E-state index in [1.807, 2.05) is 48.5 Å². The highest BCUT2D eigenvalue weighted by molar-refractivity contribution is 14.0. The number of aliphatic imine (C=N–C) groups is 1. The van der Waals surface area contributed by atoms with Crippen LogP contribution in [0.25, 0.3) is 11.1 Å². The van der Waals surface area contributed by atoms with Crippen molar-refractivity contribution in [3.8, 4) is 17.2 Å². The fraction of sp³-hybridized carbons (Fsp3) is 0.125. The quantitative estimate of drug-likeness (QED) is 0.479. The molecule has 2 rings (SSSR count). The fourth-order valence-corrected chi connectivity index (χ4v) is 1.91. The van der Waals surface area contributed by atoms with Crippen LogP contribution in [-0.2, 0) is 6.54 Å². The third-order valence-electron chi connectivity index (χ3n) is 3.03. The summed E-state index contributed by atoms with van der Waals surface area (Å²) in [5.74, 6) is 0.420. The molecule has 0 spiro atoms. The average Bonchev–Trinajstić information content (AvgIpc) is 2.53. The van der Waals surface area contributed by atoms with Crippen molar-refractivity contribution in [3.05, 3.63) is 59.7 Å². The lowest BCUT2D eigenvalue weighted by Gasteiger charge is -2.07. The lowest BCUT2D eigenvalue weighted by molar-refractivity contribution is 0.901.